The number of ether oxygens (including phenoxy) is 2. The molecule has 2 unspecified atom stereocenters. The Balaban J connectivity index is 1.70. The summed E-state index contributed by atoms with van der Waals surface area (Å²) in [4.78, 5) is 12.5. The summed E-state index contributed by atoms with van der Waals surface area (Å²) in [7, 11) is 2.91. The van der Waals surface area contributed by atoms with Crippen LogP contribution in [0.1, 0.15) is 23.5 Å². The van der Waals surface area contributed by atoms with Crippen molar-refractivity contribution in [2.75, 3.05) is 19.5 Å². The van der Waals surface area contributed by atoms with Crippen molar-refractivity contribution in [2.45, 2.75) is 18.5 Å². The van der Waals surface area contributed by atoms with Crippen LogP contribution in [0.15, 0.2) is 36.4 Å². The molecule has 2 aromatic carbocycles. The molecule has 0 aromatic heterocycles. The van der Waals surface area contributed by atoms with E-state index < -0.39 is 11.7 Å². The van der Waals surface area contributed by atoms with Gasteiger partial charge in [0, 0.05) is 18.1 Å². The third kappa shape index (κ3) is 4.13. The maximum Gasteiger partial charge on any atom is 0.416 e. The van der Waals surface area contributed by atoms with Crippen LogP contribution in [0.4, 0.5) is 18.9 Å². The third-order valence-electron chi connectivity index (χ3n) is 4.53. The van der Waals surface area contributed by atoms with Crippen molar-refractivity contribution in [3.8, 4) is 11.5 Å². The first-order valence-electron chi connectivity index (χ1n) is 8.14. The third-order valence-corrected chi connectivity index (χ3v) is 4.82. The maximum absolute atomic E-state index is 12.6. The lowest BCUT2D eigenvalue weighted by molar-refractivity contribution is -0.137. The van der Waals surface area contributed by atoms with Crippen LogP contribution in [0.25, 0.3) is 0 Å². The van der Waals surface area contributed by atoms with E-state index in [2.05, 4.69) is 5.32 Å². The van der Waals surface area contributed by atoms with Crippen LogP contribution < -0.4 is 14.8 Å². The number of hydrogen-bond donors (Lipinski definition) is 1. The Kier molecular flexibility index (Phi) is 5.24. The number of nitrogens with one attached hydrogen (secondary N) is 1. The van der Waals surface area contributed by atoms with E-state index >= 15 is 0 Å². The maximum atomic E-state index is 12.6. The van der Waals surface area contributed by atoms with Crippen LogP contribution in [-0.2, 0) is 11.0 Å². The molecule has 1 aliphatic rings. The summed E-state index contributed by atoms with van der Waals surface area (Å²) in [6.07, 6.45) is -3.80. The molecule has 2 aromatic rings. The van der Waals surface area contributed by atoms with Crippen molar-refractivity contribution in [1.29, 1.82) is 0 Å². The van der Waals surface area contributed by atoms with Gasteiger partial charge in [-0.25, -0.2) is 0 Å². The number of carbonyl (C=O) groups is 1. The molecular formula is C19H17ClF3NO3. The lowest BCUT2D eigenvalue weighted by Crippen LogP contribution is -2.15. The van der Waals surface area contributed by atoms with Crippen molar-refractivity contribution in [2.24, 2.45) is 5.92 Å². The smallest absolute Gasteiger partial charge is 0.416 e. The Labute approximate surface area is 159 Å². The average Bonchev–Trinajstić information content (AvgIpc) is 3.43. The zero-order chi connectivity index (χ0) is 19.8. The minimum absolute atomic E-state index is 0.104. The van der Waals surface area contributed by atoms with Gasteiger partial charge in [0.2, 0.25) is 5.91 Å². The first kappa shape index (κ1) is 19.4. The zero-order valence-corrected chi connectivity index (χ0v) is 15.3. The summed E-state index contributed by atoms with van der Waals surface area (Å²) in [5, 5.41) is 3.13. The number of hydrogen-bond acceptors (Lipinski definition) is 3. The second-order valence-corrected chi connectivity index (χ2v) is 6.65. The predicted octanol–water partition coefficient (Wildman–Crippen LogP) is 5.12. The van der Waals surface area contributed by atoms with Crippen molar-refractivity contribution >= 4 is 23.2 Å². The molecule has 0 bridgehead atoms. The summed E-state index contributed by atoms with van der Waals surface area (Å²) in [5.74, 6) is 0.131. The fraction of sp³-hybridized carbons (Fsp3) is 0.316. The van der Waals surface area contributed by atoms with E-state index in [-0.39, 0.29) is 17.7 Å². The summed E-state index contributed by atoms with van der Waals surface area (Å²) in [6, 6.07) is 8.02. The van der Waals surface area contributed by atoms with E-state index in [9.17, 15) is 18.0 Å². The Bertz CT molecular complexity index is 853. The molecule has 1 N–H and O–H groups in total. The van der Waals surface area contributed by atoms with E-state index in [1.54, 1.807) is 6.07 Å². The molecule has 27 heavy (non-hydrogen) atoms. The Morgan fingerprint density at radius 3 is 2.30 bits per heavy atom. The topological polar surface area (TPSA) is 47.6 Å². The van der Waals surface area contributed by atoms with Crippen LogP contribution in [0, 0.1) is 5.92 Å². The zero-order valence-electron chi connectivity index (χ0n) is 14.6. The summed E-state index contributed by atoms with van der Waals surface area (Å²) >= 11 is 6.04. The van der Waals surface area contributed by atoms with Crippen molar-refractivity contribution in [3.05, 3.63) is 52.5 Å². The van der Waals surface area contributed by atoms with Crippen LogP contribution in [-0.4, -0.2) is 20.1 Å². The molecule has 3 rings (SSSR count). The minimum atomic E-state index is -4.37. The molecule has 1 aliphatic carbocycles. The molecule has 4 nitrogen and oxygen atoms in total. The van der Waals surface area contributed by atoms with E-state index in [1.165, 1.54) is 32.4 Å². The first-order chi connectivity index (χ1) is 12.7. The number of rotatable bonds is 5. The molecule has 0 saturated heterocycles. The van der Waals surface area contributed by atoms with Crippen LogP contribution in [0.3, 0.4) is 0 Å². The number of benzene rings is 2. The molecule has 2 atom stereocenters. The highest BCUT2D eigenvalue weighted by Gasteiger charge is 2.44. The number of methoxy groups -OCH3 is 2. The van der Waals surface area contributed by atoms with Gasteiger partial charge in [-0.05, 0) is 30.0 Å². The molecule has 0 heterocycles. The molecule has 144 valence electrons. The van der Waals surface area contributed by atoms with Crippen LogP contribution >= 0.6 is 11.6 Å². The Hall–Kier alpha value is -2.41. The quantitative estimate of drug-likeness (QED) is 0.759. The lowest BCUT2D eigenvalue weighted by atomic mass is 10.1. The average molecular weight is 400 g/mol. The van der Waals surface area contributed by atoms with Crippen molar-refractivity contribution in [3.63, 3.8) is 0 Å². The van der Waals surface area contributed by atoms with Gasteiger partial charge >= 0.3 is 6.18 Å². The van der Waals surface area contributed by atoms with Gasteiger partial charge in [0.25, 0.3) is 0 Å². The molecular weight excluding hydrogens is 383 g/mol. The molecule has 0 radical (unpaired) electrons. The van der Waals surface area contributed by atoms with Gasteiger partial charge < -0.3 is 14.8 Å². The second-order valence-electron chi connectivity index (χ2n) is 6.24. The fourth-order valence-corrected chi connectivity index (χ4v) is 3.19. The van der Waals surface area contributed by atoms with Gasteiger partial charge in [-0.15, -0.1) is 0 Å². The monoisotopic (exact) mass is 399 g/mol. The van der Waals surface area contributed by atoms with Crippen molar-refractivity contribution < 1.29 is 27.4 Å². The highest BCUT2D eigenvalue weighted by atomic mass is 35.5. The highest BCUT2D eigenvalue weighted by Crippen LogP contribution is 2.49. The molecule has 0 aliphatic heterocycles. The van der Waals surface area contributed by atoms with E-state index in [4.69, 9.17) is 21.1 Å². The Morgan fingerprint density at radius 2 is 1.74 bits per heavy atom. The predicted molar refractivity (Wildman–Crippen MR) is 95.5 cm³/mol. The number of carbonyl (C=O) groups excluding carboxylic acids is 1. The van der Waals surface area contributed by atoms with Gasteiger partial charge in [0.1, 0.15) is 11.5 Å². The SMILES string of the molecule is COc1cc(NC(=O)C2CC2c2ccc(C(F)(F)F)cc2)c(OC)cc1Cl. The van der Waals surface area contributed by atoms with Gasteiger partial charge in [-0.3, -0.25) is 4.79 Å². The van der Waals surface area contributed by atoms with Crippen LogP contribution in [0.5, 0.6) is 11.5 Å². The molecule has 1 fully saturated rings. The Morgan fingerprint density at radius 1 is 1.11 bits per heavy atom. The van der Waals surface area contributed by atoms with Gasteiger partial charge in [0.15, 0.2) is 0 Å². The molecule has 8 heteroatoms. The summed E-state index contributed by atoms with van der Waals surface area (Å²) < 4.78 is 48.3. The normalized spacial score (nSPS) is 18.7. The highest BCUT2D eigenvalue weighted by molar-refractivity contribution is 6.32. The number of halogens is 4. The summed E-state index contributed by atoms with van der Waals surface area (Å²) in [6.45, 7) is 0. The lowest BCUT2D eigenvalue weighted by Gasteiger charge is -2.13. The van der Waals surface area contributed by atoms with Gasteiger partial charge in [-0.1, -0.05) is 23.7 Å². The molecule has 1 saturated carbocycles. The number of anilines is 1. The second kappa shape index (κ2) is 7.31. The fourth-order valence-electron chi connectivity index (χ4n) is 2.96. The first-order valence-corrected chi connectivity index (χ1v) is 8.52. The van der Waals surface area contributed by atoms with Crippen LogP contribution in [0.2, 0.25) is 5.02 Å². The largest absolute Gasteiger partial charge is 0.495 e. The molecule has 1 amide bonds. The standard InChI is InChI=1S/C19H17ClF3NO3/c1-26-16-9-15(17(27-2)8-14(16)20)24-18(25)13-7-12(13)10-3-5-11(6-4-10)19(21,22)23/h3-6,8-9,12-13H,7H2,1-2H3,(H,24,25). The van der Waals surface area contributed by atoms with E-state index in [1.807, 2.05) is 0 Å². The minimum Gasteiger partial charge on any atom is -0.495 e. The number of amides is 1. The molecule has 0 spiro atoms. The van der Waals surface area contributed by atoms with E-state index in [0.717, 1.165) is 12.1 Å². The van der Waals surface area contributed by atoms with Gasteiger partial charge in [0.05, 0.1) is 30.5 Å². The van der Waals surface area contributed by atoms with Crippen molar-refractivity contribution in [1.82, 2.24) is 0 Å². The summed E-state index contributed by atoms with van der Waals surface area (Å²) in [5.41, 5.74) is 0.427. The number of alkyl halides is 3. The van der Waals surface area contributed by atoms with E-state index in [0.29, 0.717) is 34.2 Å². The van der Waals surface area contributed by atoms with Gasteiger partial charge in [-0.2, -0.15) is 13.2 Å².